The Morgan fingerprint density at radius 2 is 1.38 bits per heavy atom. The van der Waals surface area contributed by atoms with Crippen LogP contribution in [-0.2, 0) is 24.3 Å². The van der Waals surface area contributed by atoms with Crippen LogP contribution in [0.4, 0.5) is 0 Å². The zero-order valence-corrected chi connectivity index (χ0v) is 7.44. The third-order valence-electron chi connectivity index (χ3n) is 1.99. The molecule has 0 aliphatic carbocycles. The van der Waals surface area contributed by atoms with Crippen LogP contribution in [0.3, 0.4) is 0 Å². The van der Waals surface area contributed by atoms with Gasteiger partial charge < -0.3 is 4.74 Å². The van der Waals surface area contributed by atoms with Crippen molar-refractivity contribution in [2.24, 2.45) is 0 Å². The Hall–Kier alpha value is -0.200. The number of ether oxygens (including phenoxy) is 1. The van der Waals surface area contributed by atoms with Crippen LogP contribution in [0.15, 0.2) is 0 Å². The largest absolute Gasteiger partial charge is 0.318 e. The lowest BCUT2D eigenvalue weighted by atomic mass is 10.3. The summed E-state index contributed by atoms with van der Waals surface area (Å²) in [6, 6.07) is 0. The van der Waals surface area contributed by atoms with Crippen molar-refractivity contribution < 1.29 is 24.3 Å². The molecule has 76 valence electrons. The molecule has 0 saturated carbocycles. The fourth-order valence-corrected chi connectivity index (χ4v) is 1.31. The second kappa shape index (κ2) is 4.88. The molecular weight excluding hydrogens is 176 g/mol. The van der Waals surface area contributed by atoms with E-state index in [0.717, 1.165) is 25.7 Å². The van der Waals surface area contributed by atoms with Gasteiger partial charge in [0.25, 0.3) is 0 Å². The van der Waals surface area contributed by atoms with E-state index in [-0.39, 0.29) is 12.6 Å². The van der Waals surface area contributed by atoms with Gasteiger partial charge in [-0.25, -0.2) is 19.6 Å². The first-order chi connectivity index (χ1) is 6.45. The Morgan fingerprint density at radius 3 is 1.77 bits per heavy atom. The molecule has 2 aliphatic rings. The van der Waals surface area contributed by atoms with Gasteiger partial charge in [0.15, 0.2) is 12.6 Å². The van der Waals surface area contributed by atoms with Crippen molar-refractivity contribution in [2.45, 2.75) is 38.3 Å². The number of rotatable bonds is 2. The van der Waals surface area contributed by atoms with E-state index >= 15 is 0 Å². The molecule has 2 rings (SSSR count). The molecule has 2 atom stereocenters. The maximum atomic E-state index is 5.44. The predicted octanol–water partition coefficient (Wildman–Crippen LogP) is 1.14. The van der Waals surface area contributed by atoms with Crippen molar-refractivity contribution >= 4 is 0 Å². The minimum Gasteiger partial charge on any atom is -0.318 e. The summed E-state index contributed by atoms with van der Waals surface area (Å²) < 4.78 is 5.44. The summed E-state index contributed by atoms with van der Waals surface area (Å²) in [6.45, 7) is 1.28. The highest BCUT2D eigenvalue weighted by atomic mass is 17.3. The van der Waals surface area contributed by atoms with Gasteiger partial charge in [0, 0.05) is 12.8 Å². The fourth-order valence-electron chi connectivity index (χ4n) is 1.31. The van der Waals surface area contributed by atoms with E-state index in [4.69, 9.17) is 24.3 Å². The molecule has 0 aromatic carbocycles. The average molecular weight is 190 g/mol. The average Bonchev–Trinajstić information content (AvgIpc) is 2.21. The summed E-state index contributed by atoms with van der Waals surface area (Å²) in [5.74, 6) is 0. The van der Waals surface area contributed by atoms with E-state index in [1.807, 2.05) is 0 Å². The standard InChI is InChI=1S/C8H14O5/c1-3-7(12-9-5-1)11-8-4-2-6-10-13-8/h7-8H,1-6H2. The summed E-state index contributed by atoms with van der Waals surface area (Å²) in [5.41, 5.74) is 0. The van der Waals surface area contributed by atoms with Crippen LogP contribution in [0, 0.1) is 0 Å². The molecule has 0 spiro atoms. The van der Waals surface area contributed by atoms with Gasteiger partial charge in [-0.05, 0) is 12.8 Å². The van der Waals surface area contributed by atoms with Crippen LogP contribution in [0.2, 0.25) is 0 Å². The van der Waals surface area contributed by atoms with Crippen LogP contribution in [0.1, 0.15) is 25.7 Å². The van der Waals surface area contributed by atoms with E-state index in [9.17, 15) is 0 Å². The molecule has 0 bridgehead atoms. The topological polar surface area (TPSA) is 46.2 Å². The maximum Gasteiger partial charge on any atom is 0.194 e. The second-order valence-electron chi connectivity index (χ2n) is 3.12. The van der Waals surface area contributed by atoms with E-state index in [1.54, 1.807) is 0 Å². The molecule has 2 saturated heterocycles. The van der Waals surface area contributed by atoms with E-state index in [1.165, 1.54) is 0 Å². The molecule has 0 amide bonds. The second-order valence-corrected chi connectivity index (χ2v) is 3.12. The molecule has 0 N–H and O–H groups in total. The normalized spacial score (nSPS) is 36.0. The Labute approximate surface area is 76.7 Å². The molecular formula is C8H14O5. The molecule has 13 heavy (non-hydrogen) atoms. The van der Waals surface area contributed by atoms with Gasteiger partial charge in [-0.1, -0.05) is 0 Å². The van der Waals surface area contributed by atoms with Gasteiger partial charge in [0.05, 0.1) is 13.2 Å². The molecule has 5 heteroatoms. The summed E-state index contributed by atoms with van der Waals surface area (Å²) in [7, 11) is 0. The summed E-state index contributed by atoms with van der Waals surface area (Å²) >= 11 is 0. The van der Waals surface area contributed by atoms with Crippen molar-refractivity contribution in [3.05, 3.63) is 0 Å². The summed E-state index contributed by atoms with van der Waals surface area (Å²) in [6.07, 6.45) is 3.00. The van der Waals surface area contributed by atoms with Gasteiger partial charge >= 0.3 is 0 Å². The first kappa shape index (κ1) is 9.36. The summed E-state index contributed by atoms with van der Waals surface area (Å²) in [4.78, 5) is 19.5. The molecule has 0 aromatic rings. The van der Waals surface area contributed by atoms with Crippen molar-refractivity contribution in [1.82, 2.24) is 0 Å². The molecule has 2 heterocycles. The molecule has 5 nitrogen and oxygen atoms in total. The first-order valence-corrected chi connectivity index (χ1v) is 4.67. The van der Waals surface area contributed by atoms with Crippen molar-refractivity contribution in [3.8, 4) is 0 Å². The van der Waals surface area contributed by atoms with Crippen LogP contribution < -0.4 is 0 Å². The van der Waals surface area contributed by atoms with Crippen LogP contribution in [-0.4, -0.2) is 25.8 Å². The Bertz CT molecular complexity index is 123. The molecule has 2 aliphatic heterocycles. The van der Waals surface area contributed by atoms with E-state index in [0.29, 0.717) is 13.2 Å². The smallest absolute Gasteiger partial charge is 0.194 e. The van der Waals surface area contributed by atoms with E-state index in [2.05, 4.69) is 0 Å². The zero-order valence-electron chi connectivity index (χ0n) is 7.44. The molecule has 2 fully saturated rings. The maximum absolute atomic E-state index is 5.44. The fraction of sp³-hybridized carbons (Fsp3) is 1.00. The predicted molar refractivity (Wildman–Crippen MR) is 41.2 cm³/mol. The van der Waals surface area contributed by atoms with Gasteiger partial charge in [-0.2, -0.15) is 0 Å². The van der Waals surface area contributed by atoms with E-state index < -0.39 is 0 Å². The van der Waals surface area contributed by atoms with Crippen molar-refractivity contribution in [2.75, 3.05) is 13.2 Å². The van der Waals surface area contributed by atoms with Crippen LogP contribution in [0.25, 0.3) is 0 Å². The lowest BCUT2D eigenvalue weighted by molar-refractivity contribution is -0.462. The highest BCUT2D eigenvalue weighted by Gasteiger charge is 2.23. The quantitative estimate of drug-likeness (QED) is 0.611. The lowest BCUT2D eigenvalue weighted by Gasteiger charge is -2.27. The zero-order chi connectivity index (χ0) is 8.93. The number of hydrogen-bond acceptors (Lipinski definition) is 5. The third-order valence-corrected chi connectivity index (χ3v) is 1.99. The minimum atomic E-state index is -0.305. The van der Waals surface area contributed by atoms with Gasteiger partial charge in [-0.15, -0.1) is 0 Å². The number of hydrogen-bond donors (Lipinski definition) is 0. The van der Waals surface area contributed by atoms with Crippen molar-refractivity contribution in [3.63, 3.8) is 0 Å². The Kier molecular flexibility index (Phi) is 3.51. The summed E-state index contributed by atoms with van der Waals surface area (Å²) in [5, 5.41) is 0. The lowest BCUT2D eigenvalue weighted by Crippen LogP contribution is -2.32. The highest BCUT2D eigenvalue weighted by Crippen LogP contribution is 2.18. The highest BCUT2D eigenvalue weighted by molar-refractivity contribution is 4.52. The Balaban J connectivity index is 1.69. The van der Waals surface area contributed by atoms with Gasteiger partial charge in [0.1, 0.15) is 0 Å². The molecule has 0 radical (unpaired) electrons. The third kappa shape index (κ3) is 2.89. The van der Waals surface area contributed by atoms with Crippen LogP contribution >= 0.6 is 0 Å². The SMILES string of the molecule is C1COOC(OC2CCCOO2)C1. The molecule has 2 unspecified atom stereocenters. The van der Waals surface area contributed by atoms with Crippen molar-refractivity contribution in [1.29, 1.82) is 0 Å². The molecule has 0 aromatic heterocycles. The first-order valence-electron chi connectivity index (χ1n) is 4.67. The van der Waals surface area contributed by atoms with Gasteiger partial charge in [0.2, 0.25) is 0 Å². The van der Waals surface area contributed by atoms with Crippen LogP contribution in [0.5, 0.6) is 0 Å². The Morgan fingerprint density at radius 1 is 0.846 bits per heavy atom. The minimum absolute atomic E-state index is 0.305. The monoisotopic (exact) mass is 190 g/mol. The van der Waals surface area contributed by atoms with Gasteiger partial charge in [-0.3, -0.25) is 0 Å².